The maximum absolute atomic E-state index is 6.32. The molecule has 0 aliphatic rings. The van der Waals surface area contributed by atoms with Crippen LogP contribution in [0.2, 0.25) is 5.02 Å². The molecule has 9 heteroatoms. The second-order valence-corrected chi connectivity index (χ2v) is 8.59. The molecule has 0 bridgehead atoms. The number of benzene rings is 1. The van der Waals surface area contributed by atoms with Crippen LogP contribution in [-0.4, -0.2) is 26.5 Å². The number of para-hydroxylation sites is 2. The van der Waals surface area contributed by atoms with Crippen molar-refractivity contribution in [3.8, 4) is 0 Å². The number of nitrogens with zero attached hydrogens (tertiary/aromatic N) is 3. The highest BCUT2D eigenvalue weighted by atomic mass is 35.5. The number of nitrogens with one attached hydrogen (secondary N) is 3. The molecule has 0 radical (unpaired) electrons. The Morgan fingerprint density at radius 2 is 2.00 bits per heavy atom. The summed E-state index contributed by atoms with van der Waals surface area (Å²) in [5, 5.41) is 10.2. The first-order valence-corrected chi connectivity index (χ1v) is 10.8. The number of halogens is 1. The smallest absolute Gasteiger partial charge is 0.207 e. The Kier molecular flexibility index (Phi) is 4.59. The number of aromatic amines is 1. The molecule has 0 aliphatic carbocycles. The molecule has 4 heterocycles. The SMILES string of the molecule is Clc1cnc2ccsc2c1NCCc1cnc(Nc2nc3ccccc3[nH]2)s1. The number of hydrogen-bond donors (Lipinski definition) is 3. The predicted molar refractivity (Wildman–Crippen MR) is 118 cm³/mol. The highest BCUT2D eigenvalue weighted by molar-refractivity contribution is 7.17. The molecule has 140 valence electrons. The number of imidazole rings is 1. The molecule has 28 heavy (non-hydrogen) atoms. The van der Waals surface area contributed by atoms with E-state index in [4.69, 9.17) is 11.6 Å². The Bertz CT molecular complexity index is 1220. The van der Waals surface area contributed by atoms with Crippen LogP contribution >= 0.6 is 34.3 Å². The molecule has 4 aromatic heterocycles. The van der Waals surface area contributed by atoms with Gasteiger partial charge in [-0.3, -0.25) is 4.98 Å². The molecule has 5 rings (SSSR count). The standard InChI is InChI=1S/C19H15ClN6S2/c20-12-10-22-15-6-8-27-17(15)16(12)21-7-5-11-9-23-19(28-11)26-18-24-13-3-1-2-4-14(13)25-18/h1-4,6,8-10H,5,7H2,(H,21,22)(H2,23,24,25,26). The van der Waals surface area contributed by atoms with Crippen molar-refractivity contribution in [1.82, 2.24) is 19.9 Å². The Hall–Kier alpha value is -2.68. The van der Waals surface area contributed by atoms with E-state index < -0.39 is 0 Å². The van der Waals surface area contributed by atoms with Gasteiger partial charge in [-0.1, -0.05) is 23.7 Å². The van der Waals surface area contributed by atoms with E-state index in [-0.39, 0.29) is 0 Å². The van der Waals surface area contributed by atoms with Gasteiger partial charge in [0.25, 0.3) is 0 Å². The normalized spacial score (nSPS) is 11.3. The van der Waals surface area contributed by atoms with Crippen LogP contribution < -0.4 is 10.6 Å². The van der Waals surface area contributed by atoms with E-state index in [0.29, 0.717) is 11.0 Å². The first-order chi connectivity index (χ1) is 13.8. The van der Waals surface area contributed by atoms with Crippen LogP contribution in [0.1, 0.15) is 4.88 Å². The van der Waals surface area contributed by atoms with E-state index in [1.807, 2.05) is 41.9 Å². The second kappa shape index (κ2) is 7.38. The molecule has 6 nitrogen and oxygen atoms in total. The van der Waals surface area contributed by atoms with Gasteiger partial charge < -0.3 is 15.6 Å². The molecule has 0 saturated carbocycles. The summed E-state index contributed by atoms with van der Waals surface area (Å²) in [5.41, 5.74) is 3.85. The number of fused-ring (bicyclic) bond motifs is 2. The average Bonchev–Trinajstić information content (AvgIpc) is 3.42. The maximum Gasteiger partial charge on any atom is 0.207 e. The van der Waals surface area contributed by atoms with Gasteiger partial charge in [-0.15, -0.1) is 22.7 Å². The summed E-state index contributed by atoms with van der Waals surface area (Å²) in [6.07, 6.45) is 4.44. The van der Waals surface area contributed by atoms with Crippen molar-refractivity contribution in [3.63, 3.8) is 0 Å². The zero-order chi connectivity index (χ0) is 18.9. The van der Waals surface area contributed by atoms with E-state index in [9.17, 15) is 0 Å². The summed E-state index contributed by atoms with van der Waals surface area (Å²) in [4.78, 5) is 17.7. The number of rotatable bonds is 6. The van der Waals surface area contributed by atoms with E-state index in [1.165, 1.54) is 4.88 Å². The molecule has 0 amide bonds. The highest BCUT2D eigenvalue weighted by Gasteiger charge is 2.10. The number of aromatic nitrogens is 4. The van der Waals surface area contributed by atoms with Gasteiger partial charge in [-0.05, 0) is 23.6 Å². The number of thiazole rings is 1. The van der Waals surface area contributed by atoms with Crippen molar-refractivity contribution in [1.29, 1.82) is 0 Å². The molecule has 3 N–H and O–H groups in total. The fraction of sp³-hybridized carbons (Fsp3) is 0.105. The van der Waals surface area contributed by atoms with Crippen LogP contribution in [0.3, 0.4) is 0 Å². The van der Waals surface area contributed by atoms with Crippen LogP contribution in [0.4, 0.5) is 16.8 Å². The molecule has 0 saturated heterocycles. The molecule has 1 aromatic carbocycles. The van der Waals surface area contributed by atoms with Gasteiger partial charge in [0.05, 0.1) is 32.0 Å². The van der Waals surface area contributed by atoms with E-state index >= 15 is 0 Å². The number of hydrogen-bond acceptors (Lipinski definition) is 7. The summed E-state index contributed by atoms with van der Waals surface area (Å²) < 4.78 is 1.09. The molecule has 5 aromatic rings. The van der Waals surface area contributed by atoms with Gasteiger partial charge >= 0.3 is 0 Å². The summed E-state index contributed by atoms with van der Waals surface area (Å²) in [7, 11) is 0. The summed E-state index contributed by atoms with van der Waals surface area (Å²) in [5.74, 6) is 0.698. The third-order valence-corrected chi connectivity index (χ3v) is 6.45. The van der Waals surface area contributed by atoms with Crippen LogP contribution in [0, 0.1) is 0 Å². The Labute approximate surface area is 173 Å². The maximum atomic E-state index is 6.32. The summed E-state index contributed by atoms with van der Waals surface area (Å²) in [6, 6.07) is 9.94. The zero-order valence-electron chi connectivity index (χ0n) is 14.6. The number of pyridine rings is 1. The van der Waals surface area contributed by atoms with Crippen molar-refractivity contribution in [2.75, 3.05) is 17.2 Å². The van der Waals surface area contributed by atoms with Gasteiger partial charge in [0.15, 0.2) is 5.13 Å². The van der Waals surface area contributed by atoms with Crippen molar-refractivity contribution in [3.05, 3.63) is 58.0 Å². The van der Waals surface area contributed by atoms with Gasteiger partial charge in [0.2, 0.25) is 5.95 Å². The number of thiophene rings is 1. The summed E-state index contributed by atoms with van der Waals surface area (Å²) in [6.45, 7) is 0.767. The van der Waals surface area contributed by atoms with Crippen molar-refractivity contribution >= 4 is 72.3 Å². The molecular formula is C19H15ClN6S2. The molecule has 0 unspecified atom stereocenters. The fourth-order valence-electron chi connectivity index (χ4n) is 2.96. The van der Waals surface area contributed by atoms with Crippen molar-refractivity contribution in [2.45, 2.75) is 6.42 Å². The lowest BCUT2D eigenvalue weighted by molar-refractivity contribution is 1.04. The average molecular weight is 427 g/mol. The van der Waals surface area contributed by atoms with Crippen molar-refractivity contribution in [2.24, 2.45) is 0 Å². The van der Waals surface area contributed by atoms with Gasteiger partial charge in [-0.25, -0.2) is 9.97 Å². The predicted octanol–water partition coefficient (Wildman–Crippen LogP) is 5.68. The van der Waals surface area contributed by atoms with Crippen LogP contribution in [0.5, 0.6) is 0 Å². The lowest BCUT2D eigenvalue weighted by Gasteiger charge is -2.08. The first-order valence-electron chi connectivity index (χ1n) is 8.68. The number of anilines is 3. The second-order valence-electron chi connectivity index (χ2n) is 6.15. The molecule has 0 fully saturated rings. The molecule has 0 spiro atoms. The van der Waals surface area contributed by atoms with Crippen molar-refractivity contribution < 1.29 is 0 Å². The quantitative estimate of drug-likeness (QED) is 0.325. The van der Waals surface area contributed by atoms with E-state index in [1.54, 1.807) is 28.9 Å². The third kappa shape index (κ3) is 3.42. The number of H-pyrrole nitrogens is 1. The van der Waals surface area contributed by atoms with E-state index in [0.717, 1.165) is 45.0 Å². The van der Waals surface area contributed by atoms with Gasteiger partial charge in [-0.2, -0.15) is 0 Å². The Morgan fingerprint density at radius 3 is 2.93 bits per heavy atom. The van der Waals surface area contributed by atoms with Crippen LogP contribution in [0.15, 0.2) is 48.1 Å². The topological polar surface area (TPSA) is 78.5 Å². The van der Waals surface area contributed by atoms with Crippen LogP contribution in [-0.2, 0) is 6.42 Å². The molecule has 0 atom stereocenters. The van der Waals surface area contributed by atoms with Crippen LogP contribution in [0.25, 0.3) is 21.3 Å². The monoisotopic (exact) mass is 426 g/mol. The molecular weight excluding hydrogens is 412 g/mol. The van der Waals surface area contributed by atoms with Gasteiger partial charge in [0, 0.05) is 30.2 Å². The lowest BCUT2D eigenvalue weighted by Crippen LogP contribution is -2.04. The first kappa shape index (κ1) is 17.4. The minimum atomic E-state index is 0.645. The highest BCUT2D eigenvalue weighted by Crippen LogP contribution is 2.33. The minimum absolute atomic E-state index is 0.645. The largest absolute Gasteiger partial charge is 0.382 e. The Balaban J connectivity index is 1.24. The lowest BCUT2D eigenvalue weighted by atomic mass is 10.3. The van der Waals surface area contributed by atoms with Gasteiger partial charge in [0.1, 0.15) is 0 Å². The molecule has 0 aliphatic heterocycles. The van der Waals surface area contributed by atoms with E-state index in [2.05, 4.69) is 30.6 Å². The Morgan fingerprint density at radius 1 is 1.07 bits per heavy atom. The minimum Gasteiger partial charge on any atom is -0.382 e. The fourth-order valence-corrected chi connectivity index (χ4v) is 4.91. The summed E-state index contributed by atoms with van der Waals surface area (Å²) >= 11 is 9.58. The third-order valence-electron chi connectivity index (χ3n) is 4.27. The zero-order valence-corrected chi connectivity index (χ0v) is 17.0.